The topological polar surface area (TPSA) is 41.0 Å². The average Bonchev–Trinajstić information content (AvgIpc) is 2.46. The van der Waals surface area contributed by atoms with Crippen molar-refractivity contribution in [1.29, 1.82) is 0 Å². The Morgan fingerprint density at radius 2 is 1.90 bits per heavy atom. The van der Waals surface area contributed by atoms with Crippen LogP contribution in [0.5, 0.6) is 0 Å². The van der Waals surface area contributed by atoms with Crippen molar-refractivity contribution in [2.24, 2.45) is 0 Å². The first-order valence-corrected chi connectivity index (χ1v) is 6.94. The molecule has 0 saturated carbocycles. The van der Waals surface area contributed by atoms with E-state index in [9.17, 15) is 0 Å². The van der Waals surface area contributed by atoms with Gasteiger partial charge in [-0.15, -0.1) is 0 Å². The van der Waals surface area contributed by atoms with Crippen molar-refractivity contribution in [2.75, 3.05) is 11.9 Å². The second-order valence-electron chi connectivity index (χ2n) is 5.22. The van der Waals surface area contributed by atoms with Crippen molar-refractivity contribution in [3.63, 3.8) is 0 Å². The first-order valence-electron chi connectivity index (χ1n) is 6.94. The number of hydrogen-bond donors (Lipinski definition) is 1. The number of anilines is 1. The summed E-state index contributed by atoms with van der Waals surface area (Å²) in [5, 5.41) is 3.38. The van der Waals surface area contributed by atoms with Gasteiger partial charge in [0.25, 0.3) is 0 Å². The van der Waals surface area contributed by atoms with Crippen LogP contribution in [-0.2, 0) is 13.1 Å². The Kier molecular flexibility index (Phi) is 5.07. The summed E-state index contributed by atoms with van der Waals surface area (Å²) < 4.78 is 0. The first-order chi connectivity index (χ1) is 9.65. The number of hydrogen-bond acceptors (Lipinski definition) is 4. The van der Waals surface area contributed by atoms with Gasteiger partial charge in [0.15, 0.2) is 0 Å². The van der Waals surface area contributed by atoms with Crippen molar-refractivity contribution in [3.8, 4) is 0 Å². The normalized spacial score (nSPS) is 10.8. The number of pyridine rings is 2. The molecule has 20 heavy (non-hydrogen) atoms. The highest BCUT2D eigenvalue weighted by molar-refractivity contribution is 5.46. The van der Waals surface area contributed by atoms with Crippen LogP contribution in [0.25, 0.3) is 0 Å². The van der Waals surface area contributed by atoms with E-state index in [1.807, 2.05) is 36.7 Å². The van der Waals surface area contributed by atoms with Gasteiger partial charge in [-0.2, -0.15) is 0 Å². The molecule has 0 aliphatic rings. The minimum Gasteiger partial charge on any atom is -0.369 e. The van der Waals surface area contributed by atoms with Crippen molar-refractivity contribution >= 4 is 5.69 Å². The van der Waals surface area contributed by atoms with Gasteiger partial charge in [0.05, 0.1) is 17.9 Å². The van der Waals surface area contributed by atoms with Gasteiger partial charge < -0.3 is 10.2 Å². The van der Waals surface area contributed by atoms with E-state index in [0.717, 1.165) is 30.2 Å². The quantitative estimate of drug-likeness (QED) is 0.876. The highest BCUT2D eigenvalue weighted by atomic mass is 15.1. The standard InChI is InChI=1S/C16H22N4/c1-13(2)19-11-15-10-16(7-9-18-15)20(3)12-14-6-4-5-8-17-14/h4-10,13,19H,11-12H2,1-3H3. The van der Waals surface area contributed by atoms with Crippen LogP contribution in [0.4, 0.5) is 5.69 Å². The predicted molar refractivity (Wildman–Crippen MR) is 82.6 cm³/mol. The second-order valence-corrected chi connectivity index (χ2v) is 5.22. The van der Waals surface area contributed by atoms with E-state index in [1.165, 1.54) is 0 Å². The van der Waals surface area contributed by atoms with Crippen LogP contribution < -0.4 is 10.2 Å². The molecule has 2 aromatic rings. The molecule has 0 amide bonds. The molecule has 0 saturated heterocycles. The molecule has 0 aromatic carbocycles. The average molecular weight is 270 g/mol. The summed E-state index contributed by atoms with van der Waals surface area (Å²) >= 11 is 0. The van der Waals surface area contributed by atoms with Crippen molar-refractivity contribution in [3.05, 3.63) is 54.1 Å². The van der Waals surface area contributed by atoms with Gasteiger partial charge in [-0.05, 0) is 24.3 Å². The van der Waals surface area contributed by atoms with E-state index in [-0.39, 0.29) is 0 Å². The lowest BCUT2D eigenvalue weighted by Crippen LogP contribution is -2.23. The molecule has 0 spiro atoms. The van der Waals surface area contributed by atoms with Gasteiger partial charge in [-0.25, -0.2) is 0 Å². The lowest BCUT2D eigenvalue weighted by Gasteiger charge is -2.19. The summed E-state index contributed by atoms with van der Waals surface area (Å²) in [6.45, 7) is 5.86. The Bertz CT molecular complexity index is 525. The van der Waals surface area contributed by atoms with Crippen LogP contribution in [0.1, 0.15) is 25.2 Å². The molecular weight excluding hydrogens is 248 g/mol. The van der Waals surface area contributed by atoms with Gasteiger partial charge in [-0.3, -0.25) is 9.97 Å². The minimum absolute atomic E-state index is 0.465. The van der Waals surface area contributed by atoms with E-state index in [4.69, 9.17) is 0 Å². The fourth-order valence-corrected chi connectivity index (χ4v) is 1.93. The SMILES string of the molecule is CC(C)NCc1cc(N(C)Cc2ccccn2)ccn1. The van der Waals surface area contributed by atoms with E-state index in [1.54, 1.807) is 0 Å². The van der Waals surface area contributed by atoms with E-state index in [0.29, 0.717) is 6.04 Å². The fourth-order valence-electron chi connectivity index (χ4n) is 1.93. The van der Waals surface area contributed by atoms with E-state index in [2.05, 4.69) is 47.1 Å². The van der Waals surface area contributed by atoms with Crippen LogP contribution in [0.15, 0.2) is 42.7 Å². The molecule has 1 N–H and O–H groups in total. The van der Waals surface area contributed by atoms with Crippen molar-refractivity contribution in [1.82, 2.24) is 15.3 Å². The minimum atomic E-state index is 0.465. The molecule has 2 heterocycles. The highest BCUT2D eigenvalue weighted by Crippen LogP contribution is 2.15. The van der Waals surface area contributed by atoms with Crippen LogP contribution in [0.3, 0.4) is 0 Å². The van der Waals surface area contributed by atoms with Gasteiger partial charge in [-0.1, -0.05) is 19.9 Å². The molecule has 0 atom stereocenters. The molecule has 0 bridgehead atoms. The number of aromatic nitrogens is 2. The molecule has 0 aliphatic carbocycles. The third-order valence-electron chi connectivity index (χ3n) is 3.06. The zero-order valence-corrected chi connectivity index (χ0v) is 12.4. The summed E-state index contributed by atoms with van der Waals surface area (Å²) in [6.07, 6.45) is 3.69. The molecule has 106 valence electrons. The molecule has 0 radical (unpaired) electrons. The molecule has 2 aromatic heterocycles. The van der Waals surface area contributed by atoms with Crippen LogP contribution in [0, 0.1) is 0 Å². The Balaban J connectivity index is 2.02. The van der Waals surface area contributed by atoms with Crippen LogP contribution in [-0.4, -0.2) is 23.1 Å². The number of rotatable bonds is 6. The second kappa shape index (κ2) is 7.01. The molecule has 0 aliphatic heterocycles. The Labute approximate surface area is 120 Å². The van der Waals surface area contributed by atoms with Gasteiger partial charge in [0.2, 0.25) is 0 Å². The lowest BCUT2D eigenvalue weighted by atomic mass is 10.2. The van der Waals surface area contributed by atoms with Crippen molar-refractivity contribution in [2.45, 2.75) is 33.0 Å². The monoisotopic (exact) mass is 270 g/mol. The lowest BCUT2D eigenvalue weighted by molar-refractivity contribution is 0.581. The maximum atomic E-state index is 4.40. The smallest absolute Gasteiger partial charge is 0.0598 e. The summed E-state index contributed by atoms with van der Waals surface area (Å²) in [4.78, 5) is 10.9. The third kappa shape index (κ3) is 4.31. The molecule has 0 unspecified atom stereocenters. The molecule has 2 rings (SSSR count). The molecule has 4 nitrogen and oxygen atoms in total. The number of nitrogens with zero attached hydrogens (tertiary/aromatic N) is 3. The Morgan fingerprint density at radius 3 is 2.60 bits per heavy atom. The maximum absolute atomic E-state index is 4.40. The predicted octanol–water partition coefficient (Wildman–Crippen LogP) is 2.61. The Morgan fingerprint density at radius 1 is 1.10 bits per heavy atom. The van der Waals surface area contributed by atoms with E-state index < -0.39 is 0 Å². The highest BCUT2D eigenvalue weighted by Gasteiger charge is 2.05. The fraction of sp³-hybridized carbons (Fsp3) is 0.375. The largest absolute Gasteiger partial charge is 0.369 e. The van der Waals surface area contributed by atoms with Crippen LogP contribution in [0.2, 0.25) is 0 Å². The molecule has 0 fully saturated rings. The molecule has 4 heteroatoms. The van der Waals surface area contributed by atoms with E-state index >= 15 is 0 Å². The summed E-state index contributed by atoms with van der Waals surface area (Å²) in [5.74, 6) is 0. The van der Waals surface area contributed by atoms with Gasteiger partial charge in [0.1, 0.15) is 0 Å². The van der Waals surface area contributed by atoms with Gasteiger partial charge in [0, 0.05) is 37.7 Å². The summed E-state index contributed by atoms with van der Waals surface area (Å²) in [5.41, 5.74) is 3.28. The summed E-state index contributed by atoms with van der Waals surface area (Å²) in [6, 6.07) is 10.6. The zero-order chi connectivity index (χ0) is 14.4. The maximum Gasteiger partial charge on any atom is 0.0598 e. The van der Waals surface area contributed by atoms with Crippen LogP contribution >= 0.6 is 0 Å². The molecular formula is C16H22N4. The zero-order valence-electron chi connectivity index (χ0n) is 12.4. The number of nitrogens with one attached hydrogen (secondary N) is 1. The summed E-state index contributed by atoms with van der Waals surface area (Å²) in [7, 11) is 2.07. The van der Waals surface area contributed by atoms with Crippen molar-refractivity contribution < 1.29 is 0 Å². The first kappa shape index (κ1) is 14.5. The van der Waals surface area contributed by atoms with Gasteiger partial charge >= 0.3 is 0 Å². The Hall–Kier alpha value is -1.94. The third-order valence-corrected chi connectivity index (χ3v) is 3.06.